The highest BCUT2D eigenvalue weighted by Gasteiger charge is 2.36. The monoisotopic (exact) mass is 368 g/mol. The summed E-state index contributed by atoms with van der Waals surface area (Å²) < 4.78 is 51.4. The van der Waals surface area contributed by atoms with Crippen molar-refractivity contribution in [3.63, 3.8) is 0 Å². The Bertz CT molecular complexity index is 781. The van der Waals surface area contributed by atoms with Crippen molar-refractivity contribution in [1.82, 2.24) is 0 Å². The Hall–Kier alpha value is -2.06. The molecule has 0 heterocycles. The first kappa shape index (κ1) is 17.3. The number of hydrogen-bond donors (Lipinski definition) is 1. The molecule has 0 spiro atoms. The standard InChI is InChI=1S/C13H6Cl2F4N2O2/c14-8-5-11(20-6-1-2-10(16)9(15)3-6)12(21(22)23)4-7(8)13(17,18)19/h1-5,20H. The second-order valence-electron chi connectivity index (χ2n) is 4.36. The molecule has 2 rings (SSSR count). The van der Waals surface area contributed by atoms with E-state index < -0.39 is 33.2 Å². The molecule has 122 valence electrons. The van der Waals surface area contributed by atoms with Crippen LogP contribution in [0.5, 0.6) is 0 Å². The predicted octanol–water partition coefficient (Wildman–Crippen LogP) is 5.80. The average molecular weight is 369 g/mol. The number of nitrogens with zero attached hydrogens (tertiary/aromatic N) is 1. The lowest BCUT2D eigenvalue weighted by atomic mass is 10.1. The number of halogens is 6. The van der Waals surface area contributed by atoms with E-state index in [2.05, 4.69) is 5.32 Å². The molecule has 4 nitrogen and oxygen atoms in total. The third-order valence-corrected chi connectivity index (χ3v) is 3.39. The lowest BCUT2D eigenvalue weighted by Gasteiger charge is -2.13. The van der Waals surface area contributed by atoms with Crippen LogP contribution in [0.15, 0.2) is 30.3 Å². The fraction of sp³-hybridized carbons (Fsp3) is 0.0769. The van der Waals surface area contributed by atoms with Gasteiger partial charge in [-0.05, 0) is 24.3 Å². The first-order valence-electron chi connectivity index (χ1n) is 5.87. The molecule has 0 bridgehead atoms. The number of alkyl halides is 3. The van der Waals surface area contributed by atoms with Crippen LogP contribution in [-0.2, 0) is 6.18 Å². The van der Waals surface area contributed by atoms with Crippen LogP contribution in [0, 0.1) is 15.9 Å². The number of nitro groups is 1. The number of benzene rings is 2. The van der Waals surface area contributed by atoms with Crippen molar-refractivity contribution in [2.45, 2.75) is 6.18 Å². The van der Waals surface area contributed by atoms with Gasteiger partial charge in [-0.3, -0.25) is 10.1 Å². The Morgan fingerprint density at radius 1 is 1.09 bits per heavy atom. The summed E-state index contributed by atoms with van der Waals surface area (Å²) in [6, 6.07) is 4.46. The van der Waals surface area contributed by atoms with Crippen LogP contribution in [0.25, 0.3) is 0 Å². The SMILES string of the molecule is O=[N+]([O-])c1cc(C(F)(F)F)c(Cl)cc1Nc1ccc(F)c(Cl)c1. The van der Waals surface area contributed by atoms with E-state index in [-0.39, 0.29) is 16.4 Å². The molecule has 0 aliphatic carbocycles. The van der Waals surface area contributed by atoms with Gasteiger partial charge in [-0.25, -0.2) is 4.39 Å². The minimum atomic E-state index is -4.83. The minimum Gasteiger partial charge on any atom is -0.350 e. The molecule has 2 aromatic carbocycles. The van der Waals surface area contributed by atoms with E-state index in [1.54, 1.807) is 0 Å². The second-order valence-corrected chi connectivity index (χ2v) is 5.17. The van der Waals surface area contributed by atoms with Crippen molar-refractivity contribution < 1.29 is 22.5 Å². The van der Waals surface area contributed by atoms with Crippen molar-refractivity contribution in [3.05, 3.63) is 61.9 Å². The summed E-state index contributed by atoms with van der Waals surface area (Å²) in [7, 11) is 0. The summed E-state index contributed by atoms with van der Waals surface area (Å²) in [6.45, 7) is 0. The van der Waals surface area contributed by atoms with E-state index in [4.69, 9.17) is 23.2 Å². The average Bonchev–Trinajstić information content (AvgIpc) is 2.41. The Kier molecular flexibility index (Phi) is 4.67. The van der Waals surface area contributed by atoms with Gasteiger partial charge < -0.3 is 5.32 Å². The van der Waals surface area contributed by atoms with Crippen LogP contribution >= 0.6 is 23.2 Å². The van der Waals surface area contributed by atoms with Crippen molar-refractivity contribution in [2.24, 2.45) is 0 Å². The molecule has 0 saturated carbocycles. The van der Waals surface area contributed by atoms with Crippen molar-refractivity contribution in [3.8, 4) is 0 Å². The predicted molar refractivity (Wildman–Crippen MR) is 77.8 cm³/mol. The number of nitrogens with one attached hydrogen (secondary N) is 1. The summed E-state index contributed by atoms with van der Waals surface area (Å²) in [6.07, 6.45) is -4.83. The van der Waals surface area contributed by atoms with Gasteiger partial charge in [-0.2, -0.15) is 13.2 Å². The van der Waals surface area contributed by atoms with Gasteiger partial charge in [0.1, 0.15) is 11.5 Å². The maximum absolute atomic E-state index is 13.1. The maximum atomic E-state index is 13.1. The first-order chi connectivity index (χ1) is 10.6. The molecule has 0 saturated heterocycles. The second kappa shape index (κ2) is 6.21. The minimum absolute atomic E-state index is 0.148. The fourth-order valence-corrected chi connectivity index (χ4v) is 2.21. The molecule has 0 aromatic heterocycles. The van der Waals surface area contributed by atoms with Crippen LogP contribution in [0.1, 0.15) is 5.56 Å². The van der Waals surface area contributed by atoms with E-state index in [9.17, 15) is 27.7 Å². The van der Waals surface area contributed by atoms with Crippen LogP contribution in [0.4, 0.5) is 34.6 Å². The Morgan fingerprint density at radius 3 is 2.26 bits per heavy atom. The van der Waals surface area contributed by atoms with Gasteiger partial charge in [0.2, 0.25) is 0 Å². The van der Waals surface area contributed by atoms with Crippen LogP contribution in [0.3, 0.4) is 0 Å². The Labute approximate surface area is 136 Å². The molecule has 0 aliphatic rings. The molecule has 0 aliphatic heterocycles. The lowest BCUT2D eigenvalue weighted by Crippen LogP contribution is -2.08. The van der Waals surface area contributed by atoms with Gasteiger partial charge in [-0.1, -0.05) is 23.2 Å². The molecule has 0 atom stereocenters. The van der Waals surface area contributed by atoms with E-state index in [0.717, 1.165) is 18.2 Å². The highest BCUT2D eigenvalue weighted by Crippen LogP contribution is 2.41. The molecule has 0 amide bonds. The zero-order valence-electron chi connectivity index (χ0n) is 10.9. The molecule has 0 unspecified atom stereocenters. The highest BCUT2D eigenvalue weighted by molar-refractivity contribution is 6.32. The van der Waals surface area contributed by atoms with E-state index in [1.165, 1.54) is 6.07 Å². The summed E-state index contributed by atoms with van der Waals surface area (Å²) in [5.41, 5.74) is -2.29. The molecular formula is C13H6Cl2F4N2O2. The van der Waals surface area contributed by atoms with Crippen LogP contribution in [-0.4, -0.2) is 4.92 Å². The van der Waals surface area contributed by atoms with E-state index >= 15 is 0 Å². The number of rotatable bonds is 3. The topological polar surface area (TPSA) is 55.2 Å². The normalized spacial score (nSPS) is 11.4. The summed E-state index contributed by atoms with van der Waals surface area (Å²) in [5, 5.41) is 12.5. The van der Waals surface area contributed by atoms with Gasteiger partial charge in [0.15, 0.2) is 0 Å². The smallest absolute Gasteiger partial charge is 0.350 e. The van der Waals surface area contributed by atoms with Crippen molar-refractivity contribution in [1.29, 1.82) is 0 Å². The molecule has 0 radical (unpaired) electrons. The fourth-order valence-electron chi connectivity index (χ4n) is 1.76. The number of anilines is 2. The van der Waals surface area contributed by atoms with E-state index in [0.29, 0.717) is 6.07 Å². The summed E-state index contributed by atoms with van der Waals surface area (Å²) in [5.74, 6) is -0.711. The Morgan fingerprint density at radius 2 is 1.74 bits per heavy atom. The lowest BCUT2D eigenvalue weighted by molar-refractivity contribution is -0.384. The van der Waals surface area contributed by atoms with Gasteiger partial charge in [0.25, 0.3) is 5.69 Å². The first-order valence-corrected chi connectivity index (χ1v) is 6.62. The van der Waals surface area contributed by atoms with Gasteiger partial charge in [0.05, 0.1) is 20.5 Å². The third-order valence-electron chi connectivity index (χ3n) is 2.79. The number of nitro benzene ring substituents is 1. The zero-order valence-corrected chi connectivity index (χ0v) is 12.4. The van der Waals surface area contributed by atoms with Crippen LogP contribution in [0.2, 0.25) is 10.0 Å². The number of hydrogen-bond acceptors (Lipinski definition) is 3. The van der Waals surface area contributed by atoms with Gasteiger partial charge in [0, 0.05) is 11.8 Å². The van der Waals surface area contributed by atoms with Crippen molar-refractivity contribution >= 4 is 40.3 Å². The molecule has 23 heavy (non-hydrogen) atoms. The third kappa shape index (κ3) is 3.83. The molecule has 0 fully saturated rings. The summed E-state index contributed by atoms with van der Waals surface area (Å²) in [4.78, 5) is 10.0. The largest absolute Gasteiger partial charge is 0.418 e. The zero-order chi connectivity index (χ0) is 17.4. The highest BCUT2D eigenvalue weighted by atomic mass is 35.5. The Balaban J connectivity index is 2.51. The quantitative estimate of drug-likeness (QED) is 0.423. The van der Waals surface area contributed by atoms with Crippen molar-refractivity contribution in [2.75, 3.05) is 5.32 Å². The van der Waals surface area contributed by atoms with E-state index in [1.807, 2.05) is 0 Å². The molecule has 1 N–H and O–H groups in total. The molecular weight excluding hydrogens is 363 g/mol. The van der Waals surface area contributed by atoms with Crippen LogP contribution < -0.4 is 5.32 Å². The van der Waals surface area contributed by atoms with Gasteiger partial charge in [-0.15, -0.1) is 0 Å². The summed E-state index contributed by atoms with van der Waals surface area (Å²) >= 11 is 11.1. The van der Waals surface area contributed by atoms with Gasteiger partial charge >= 0.3 is 6.18 Å². The maximum Gasteiger partial charge on any atom is 0.418 e. The molecule has 10 heteroatoms. The molecule has 2 aromatic rings.